The molecule has 0 aliphatic carbocycles. The van der Waals surface area contributed by atoms with E-state index >= 15 is 0 Å². The third kappa shape index (κ3) is 3.03. The number of fused-ring (bicyclic) bond motifs is 1. The van der Waals surface area contributed by atoms with Gasteiger partial charge in [0.2, 0.25) is 5.95 Å². The molecule has 3 aromatic heterocycles. The number of nitrogens with zero attached hydrogens (tertiary/aromatic N) is 5. The number of hydrogen-bond acceptors (Lipinski definition) is 6. The molecule has 0 saturated carbocycles. The van der Waals surface area contributed by atoms with Crippen LogP contribution in [0, 0.1) is 0 Å². The molecule has 0 amide bonds. The lowest BCUT2D eigenvalue weighted by molar-refractivity contribution is 0.0697. The van der Waals surface area contributed by atoms with Gasteiger partial charge in [0.1, 0.15) is 5.75 Å². The summed E-state index contributed by atoms with van der Waals surface area (Å²) in [4.78, 5) is 34.6. The molecule has 0 fully saturated rings. The SMILES string of the molecule is COc1cccc(Cn2cnc3nc(-n4cc(C(=O)O)cn4)[nH]c(=O)c32)c1. The summed E-state index contributed by atoms with van der Waals surface area (Å²) >= 11 is 0. The van der Waals surface area contributed by atoms with Gasteiger partial charge in [-0.2, -0.15) is 10.1 Å². The third-order valence-electron chi connectivity index (χ3n) is 4.00. The van der Waals surface area contributed by atoms with Gasteiger partial charge in [-0.3, -0.25) is 9.78 Å². The van der Waals surface area contributed by atoms with Crippen LogP contribution in [-0.4, -0.2) is 47.5 Å². The zero-order valence-corrected chi connectivity index (χ0v) is 14.2. The Morgan fingerprint density at radius 2 is 2.22 bits per heavy atom. The molecule has 0 unspecified atom stereocenters. The summed E-state index contributed by atoms with van der Waals surface area (Å²) in [5.74, 6) is -0.307. The van der Waals surface area contributed by atoms with Crippen molar-refractivity contribution in [1.29, 1.82) is 0 Å². The lowest BCUT2D eigenvalue weighted by Gasteiger charge is -2.06. The van der Waals surface area contributed by atoms with Crippen molar-refractivity contribution >= 4 is 17.1 Å². The van der Waals surface area contributed by atoms with Gasteiger partial charge in [0, 0.05) is 12.7 Å². The fourth-order valence-electron chi connectivity index (χ4n) is 2.72. The lowest BCUT2D eigenvalue weighted by Crippen LogP contribution is -2.16. The molecule has 10 heteroatoms. The number of carboxylic acid groups (broad SMARTS) is 1. The van der Waals surface area contributed by atoms with E-state index in [-0.39, 0.29) is 17.2 Å². The van der Waals surface area contributed by atoms with Crippen molar-refractivity contribution in [3.8, 4) is 11.7 Å². The van der Waals surface area contributed by atoms with E-state index in [1.807, 2.05) is 24.3 Å². The first-order chi connectivity index (χ1) is 13.0. The molecule has 0 aliphatic heterocycles. The summed E-state index contributed by atoms with van der Waals surface area (Å²) in [7, 11) is 1.59. The topological polar surface area (TPSA) is 128 Å². The molecular weight excluding hydrogens is 352 g/mol. The van der Waals surface area contributed by atoms with Crippen molar-refractivity contribution in [3.05, 3.63) is 64.5 Å². The Morgan fingerprint density at radius 1 is 1.37 bits per heavy atom. The lowest BCUT2D eigenvalue weighted by atomic mass is 10.2. The Bertz CT molecular complexity index is 1210. The first-order valence-corrected chi connectivity index (χ1v) is 7.91. The molecule has 10 nitrogen and oxygen atoms in total. The summed E-state index contributed by atoms with van der Waals surface area (Å²) in [5.41, 5.74) is 1.08. The minimum atomic E-state index is -1.12. The van der Waals surface area contributed by atoms with E-state index in [9.17, 15) is 9.59 Å². The van der Waals surface area contributed by atoms with E-state index in [2.05, 4.69) is 20.1 Å². The smallest absolute Gasteiger partial charge is 0.338 e. The zero-order valence-electron chi connectivity index (χ0n) is 14.2. The largest absolute Gasteiger partial charge is 0.497 e. The summed E-state index contributed by atoms with van der Waals surface area (Å²) in [6.07, 6.45) is 3.97. The van der Waals surface area contributed by atoms with Crippen molar-refractivity contribution in [2.45, 2.75) is 6.54 Å². The molecule has 27 heavy (non-hydrogen) atoms. The normalized spacial score (nSPS) is 11.0. The molecule has 0 spiro atoms. The van der Waals surface area contributed by atoms with Crippen LogP contribution in [0.5, 0.6) is 5.75 Å². The number of H-pyrrole nitrogens is 1. The summed E-state index contributed by atoms with van der Waals surface area (Å²) in [6.45, 7) is 0.419. The number of hydrogen-bond donors (Lipinski definition) is 2. The van der Waals surface area contributed by atoms with Gasteiger partial charge in [0.15, 0.2) is 11.2 Å². The molecule has 0 radical (unpaired) electrons. The molecule has 0 aliphatic rings. The predicted octanol–water partition coefficient (Wildman–Crippen LogP) is 1.06. The second-order valence-electron chi connectivity index (χ2n) is 5.76. The minimum Gasteiger partial charge on any atom is -0.497 e. The van der Waals surface area contributed by atoms with Crippen LogP contribution in [0.2, 0.25) is 0 Å². The predicted molar refractivity (Wildman–Crippen MR) is 94.3 cm³/mol. The van der Waals surface area contributed by atoms with Crippen LogP contribution in [0.15, 0.2) is 47.8 Å². The summed E-state index contributed by atoms with van der Waals surface area (Å²) in [5, 5.41) is 12.9. The summed E-state index contributed by atoms with van der Waals surface area (Å²) in [6, 6.07) is 7.50. The monoisotopic (exact) mass is 366 g/mol. The molecule has 1 aromatic carbocycles. The molecule has 136 valence electrons. The Morgan fingerprint density at radius 3 is 2.96 bits per heavy atom. The van der Waals surface area contributed by atoms with E-state index in [0.29, 0.717) is 12.1 Å². The highest BCUT2D eigenvalue weighted by Gasteiger charge is 2.14. The molecule has 0 saturated heterocycles. The van der Waals surface area contributed by atoms with E-state index in [1.54, 1.807) is 11.7 Å². The van der Waals surface area contributed by atoms with Crippen molar-refractivity contribution in [1.82, 2.24) is 29.3 Å². The van der Waals surface area contributed by atoms with Crippen molar-refractivity contribution < 1.29 is 14.6 Å². The molecule has 4 rings (SSSR count). The molecule has 4 aromatic rings. The number of carbonyl (C=O) groups is 1. The van der Waals surface area contributed by atoms with E-state index in [0.717, 1.165) is 11.3 Å². The Kier molecular flexibility index (Phi) is 3.92. The Balaban J connectivity index is 1.73. The van der Waals surface area contributed by atoms with Crippen molar-refractivity contribution in [3.63, 3.8) is 0 Å². The molecule has 0 atom stereocenters. The van der Waals surface area contributed by atoms with Gasteiger partial charge in [0.25, 0.3) is 5.56 Å². The number of ether oxygens (including phenoxy) is 1. The van der Waals surface area contributed by atoms with Gasteiger partial charge < -0.3 is 14.4 Å². The number of aromatic nitrogens is 6. The van der Waals surface area contributed by atoms with Crippen LogP contribution in [0.4, 0.5) is 0 Å². The zero-order chi connectivity index (χ0) is 19.0. The van der Waals surface area contributed by atoms with Gasteiger partial charge in [-0.15, -0.1) is 0 Å². The van der Waals surface area contributed by atoms with Crippen LogP contribution in [0.1, 0.15) is 15.9 Å². The Labute approximate surface area is 151 Å². The average molecular weight is 366 g/mol. The minimum absolute atomic E-state index is 0.0127. The third-order valence-corrected chi connectivity index (χ3v) is 4.00. The second-order valence-corrected chi connectivity index (χ2v) is 5.76. The van der Waals surface area contributed by atoms with Gasteiger partial charge in [-0.05, 0) is 17.7 Å². The maximum absolute atomic E-state index is 12.6. The van der Waals surface area contributed by atoms with Crippen LogP contribution >= 0.6 is 0 Å². The van der Waals surface area contributed by atoms with E-state index in [4.69, 9.17) is 9.84 Å². The molecule has 0 bridgehead atoms. The average Bonchev–Trinajstić information content (AvgIpc) is 3.30. The highest BCUT2D eigenvalue weighted by molar-refractivity contribution is 5.86. The number of nitrogens with one attached hydrogen (secondary N) is 1. The molecule has 2 N–H and O–H groups in total. The quantitative estimate of drug-likeness (QED) is 0.540. The number of rotatable bonds is 5. The van der Waals surface area contributed by atoms with Gasteiger partial charge >= 0.3 is 5.97 Å². The summed E-state index contributed by atoms with van der Waals surface area (Å²) < 4.78 is 8.08. The highest BCUT2D eigenvalue weighted by atomic mass is 16.5. The van der Waals surface area contributed by atoms with Gasteiger partial charge in [0.05, 0.1) is 25.2 Å². The number of imidazole rings is 1. The first kappa shape index (κ1) is 16.5. The number of aromatic amines is 1. The number of methoxy groups -OCH3 is 1. The second kappa shape index (κ2) is 6.41. The van der Waals surface area contributed by atoms with Crippen LogP contribution in [0.3, 0.4) is 0 Å². The van der Waals surface area contributed by atoms with Crippen molar-refractivity contribution in [2.24, 2.45) is 0 Å². The fraction of sp³-hybridized carbons (Fsp3) is 0.118. The van der Waals surface area contributed by atoms with Crippen LogP contribution in [0.25, 0.3) is 17.1 Å². The maximum atomic E-state index is 12.6. The molecular formula is C17H14N6O4. The fourth-order valence-corrected chi connectivity index (χ4v) is 2.72. The first-order valence-electron chi connectivity index (χ1n) is 7.91. The van der Waals surface area contributed by atoms with Gasteiger partial charge in [-0.1, -0.05) is 12.1 Å². The standard InChI is InChI=1S/C17H14N6O4/c1-27-12-4-2-3-10(5-12)7-22-9-18-14-13(22)15(24)21-17(20-14)23-8-11(6-19-23)16(25)26/h2-6,8-9H,7H2,1H3,(H,25,26)(H,20,21,24). The highest BCUT2D eigenvalue weighted by Crippen LogP contribution is 2.15. The number of benzene rings is 1. The van der Waals surface area contributed by atoms with E-state index < -0.39 is 11.5 Å². The van der Waals surface area contributed by atoms with E-state index in [1.165, 1.54) is 23.4 Å². The molecule has 3 heterocycles. The number of carboxylic acids is 1. The Hall–Kier alpha value is -3.95. The van der Waals surface area contributed by atoms with Crippen molar-refractivity contribution in [2.75, 3.05) is 7.11 Å². The number of aromatic carboxylic acids is 1. The van der Waals surface area contributed by atoms with Crippen LogP contribution in [-0.2, 0) is 6.54 Å². The maximum Gasteiger partial charge on any atom is 0.338 e. The van der Waals surface area contributed by atoms with Gasteiger partial charge in [-0.25, -0.2) is 14.5 Å². The van der Waals surface area contributed by atoms with Crippen LogP contribution < -0.4 is 10.3 Å².